The molecule has 5 unspecified atom stereocenters. The van der Waals surface area contributed by atoms with E-state index >= 15 is 0 Å². The fraction of sp³-hybridized carbons (Fsp3) is 0.769. The summed E-state index contributed by atoms with van der Waals surface area (Å²) in [4.78, 5) is 0. The Morgan fingerprint density at radius 3 is 1.90 bits per heavy atom. The smallest absolute Gasteiger partial charge is 0.194 e. The van der Waals surface area contributed by atoms with Crippen molar-refractivity contribution < 1.29 is 13.2 Å². The van der Waals surface area contributed by atoms with Crippen LogP contribution in [0.2, 0.25) is 0 Å². The topological polar surface area (TPSA) is 0 Å². The van der Waals surface area contributed by atoms with Gasteiger partial charge in [0.2, 0.25) is 0 Å². The van der Waals surface area contributed by atoms with Gasteiger partial charge in [0.05, 0.1) is 0 Å². The van der Waals surface area contributed by atoms with E-state index in [-0.39, 0.29) is 5.92 Å². The van der Waals surface area contributed by atoms with Gasteiger partial charge in [0.1, 0.15) is 0 Å². The summed E-state index contributed by atoms with van der Waals surface area (Å²) < 4.78 is 40.6. The summed E-state index contributed by atoms with van der Waals surface area (Å²) in [6, 6.07) is 2.45. The van der Waals surface area contributed by atoms with Crippen molar-refractivity contribution in [2.45, 2.75) is 90.4 Å². The van der Waals surface area contributed by atoms with Gasteiger partial charge >= 0.3 is 0 Å². The Morgan fingerprint density at radius 2 is 1.28 bits per heavy atom. The van der Waals surface area contributed by atoms with Gasteiger partial charge in [0.25, 0.3) is 0 Å². The summed E-state index contributed by atoms with van der Waals surface area (Å²) >= 11 is 0. The van der Waals surface area contributed by atoms with E-state index in [2.05, 4.69) is 13.8 Å². The molecular formula is C26H37F3. The van der Waals surface area contributed by atoms with Crippen LogP contribution in [0.5, 0.6) is 0 Å². The molecular weight excluding hydrogens is 369 g/mol. The number of hydrogen-bond acceptors (Lipinski definition) is 0. The molecule has 0 bridgehead atoms. The van der Waals surface area contributed by atoms with Crippen LogP contribution in [0.25, 0.3) is 0 Å². The first-order chi connectivity index (χ1) is 14.0. The lowest BCUT2D eigenvalue weighted by molar-refractivity contribution is 0.0665. The Kier molecular flexibility index (Phi) is 6.61. The predicted octanol–water partition coefficient (Wildman–Crippen LogP) is 8.26. The van der Waals surface area contributed by atoms with Gasteiger partial charge in [-0.3, -0.25) is 0 Å². The molecule has 0 N–H and O–H groups in total. The highest BCUT2D eigenvalue weighted by Gasteiger charge is 2.39. The maximum atomic E-state index is 13.7. The van der Waals surface area contributed by atoms with Crippen LogP contribution < -0.4 is 0 Å². The van der Waals surface area contributed by atoms with Crippen LogP contribution in [0.15, 0.2) is 12.1 Å². The van der Waals surface area contributed by atoms with Crippen molar-refractivity contribution in [1.29, 1.82) is 0 Å². The lowest BCUT2D eigenvalue weighted by Crippen LogP contribution is -2.34. The summed E-state index contributed by atoms with van der Waals surface area (Å²) in [6.45, 7) is 4.75. The quantitative estimate of drug-likeness (QED) is 0.441. The van der Waals surface area contributed by atoms with Crippen molar-refractivity contribution in [3.8, 4) is 0 Å². The molecule has 3 fully saturated rings. The molecule has 1 aromatic rings. The third-order valence-electron chi connectivity index (χ3n) is 9.06. The molecule has 0 aromatic heterocycles. The van der Waals surface area contributed by atoms with Gasteiger partial charge < -0.3 is 0 Å². The van der Waals surface area contributed by atoms with Crippen molar-refractivity contribution >= 4 is 0 Å². The van der Waals surface area contributed by atoms with E-state index in [4.69, 9.17) is 0 Å². The van der Waals surface area contributed by atoms with Crippen molar-refractivity contribution in [3.05, 3.63) is 35.1 Å². The molecule has 0 heterocycles. The third-order valence-corrected chi connectivity index (χ3v) is 9.06. The average Bonchev–Trinajstić information content (AvgIpc) is 2.76. The van der Waals surface area contributed by atoms with Crippen LogP contribution in [0.1, 0.15) is 96.0 Å². The van der Waals surface area contributed by atoms with Crippen LogP contribution in [0, 0.1) is 53.0 Å². The van der Waals surface area contributed by atoms with Gasteiger partial charge in [0.15, 0.2) is 17.5 Å². The first-order valence-corrected chi connectivity index (χ1v) is 12.1. The largest absolute Gasteiger partial charge is 0.204 e. The van der Waals surface area contributed by atoms with Gasteiger partial charge in [-0.1, -0.05) is 20.3 Å². The molecule has 162 valence electrons. The monoisotopic (exact) mass is 406 g/mol. The van der Waals surface area contributed by atoms with Crippen molar-refractivity contribution in [2.24, 2.45) is 35.5 Å². The molecule has 3 aliphatic rings. The lowest BCUT2D eigenvalue weighted by Gasteiger charge is -2.46. The van der Waals surface area contributed by atoms with Crippen molar-refractivity contribution in [1.82, 2.24) is 0 Å². The zero-order valence-corrected chi connectivity index (χ0v) is 18.1. The zero-order chi connectivity index (χ0) is 20.5. The molecule has 29 heavy (non-hydrogen) atoms. The van der Waals surface area contributed by atoms with E-state index in [9.17, 15) is 13.2 Å². The number of fused-ring (bicyclic) bond motifs is 1. The Hall–Kier alpha value is -0.990. The fourth-order valence-electron chi connectivity index (χ4n) is 6.99. The molecule has 0 saturated heterocycles. The zero-order valence-electron chi connectivity index (χ0n) is 18.1. The van der Waals surface area contributed by atoms with E-state index < -0.39 is 17.5 Å². The number of hydrogen-bond donors (Lipinski definition) is 0. The second-order valence-corrected chi connectivity index (χ2v) is 10.5. The van der Waals surface area contributed by atoms with Gasteiger partial charge in [0, 0.05) is 0 Å². The van der Waals surface area contributed by atoms with Crippen molar-refractivity contribution in [3.63, 3.8) is 0 Å². The molecule has 0 amide bonds. The number of benzene rings is 1. The van der Waals surface area contributed by atoms with Crippen LogP contribution >= 0.6 is 0 Å². The minimum absolute atomic E-state index is 0.184. The summed E-state index contributed by atoms with van der Waals surface area (Å²) in [5, 5.41) is 0. The highest BCUT2D eigenvalue weighted by Crippen LogP contribution is 2.51. The van der Waals surface area contributed by atoms with Crippen LogP contribution in [0.4, 0.5) is 13.2 Å². The van der Waals surface area contributed by atoms with E-state index in [0.29, 0.717) is 11.5 Å². The minimum atomic E-state index is -1.34. The summed E-state index contributed by atoms with van der Waals surface area (Å²) in [6.07, 6.45) is 14.1. The van der Waals surface area contributed by atoms with Gasteiger partial charge in [-0.15, -0.1) is 0 Å². The Bertz CT molecular complexity index is 668. The van der Waals surface area contributed by atoms with E-state index in [0.717, 1.165) is 48.9 Å². The highest BCUT2D eigenvalue weighted by molar-refractivity contribution is 5.24. The van der Waals surface area contributed by atoms with Gasteiger partial charge in [-0.25, -0.2) is 13.2 Å². The normalized spacial score (nSPS) is 36.4. The Morgan fingerprint density at radius 1 is 0.759 bits per heavy atom. The van der Waals surface area contributed by atoms with E-state index in [1.165, 1.54) is 63.5 Å². The molecule has 0 radical (unpaired) electrons. The maximum Gasteiger partial charge on any atom is 0.194 e. The SMILES string of the molecule is CCC(C)C1CCC(C2CCC3CC(c4cc(F)c(F)c(F)c4)CCC3C2)CC1. The summed E-state index contributed by atoms with van der Waals surface area (Å²) in [7, 11) is 0. The summed E-state index contributed by atoms with van der Waals surface area (Å²) in [5.41, 5.74) is 0.658. The van der Waals surface area contributed by atoms with Gasteiger partial charge in [-0.05, 0) is 123 Å². The molecule has 0 nitrogen and oxygen atoms in total. The average molecular weight is 407 g/mol. The molecule has 4 rings (SSSR count). The fourth-order valence-corrected chi connectivity index (χ4v) is 6.99. The highest BCUT2D eigenvalue weighted by atomic mass is 19.2. The molecule has 3 saturated carbocycles. The Balaban J connectivity index is 1.32. The van der Waals surface area contributed by atoms with Crippen LogP contribution in [-0.4, -0.2) is 0 Å². The molecule has 3 heteroatoms. The van der Waals surface area contributed by atoms with E-state index in [1.54, 1.807) is 0 Å². The lowest BCUT2D eigenvalue weighted by atomic mass is 9.60. The first kappa shape index (κ1) is 21.2. The number of rotatable bonds is 4. The minimum Gasteiger partial charge on any atom is -0.204 e. The Labute approximate surface area is 174 Å². The maximum absolute atomic E-state index is 13.7. The van der Waals surface area contributed by atoms with Crippen molar-refractivity contribution in [2.75, 3.05) is 0 Å². The third kappa shape index (κ3) is 4.54. The second kappa shape index (κ2) is 9.02. The molecule has 0 spiro atoms. The molecule has 1 aromatic carbocycles. The summed E-state index contributed by atoms with van der Waals surface area (Å²) in [5.74, 6) is 1.86. The molecule has 3 aliphatic carbocycles. The number of halogens is 3. The predicted molar refractivity (Wildman–Crippen MR) is 112 cm³/mol. The molecule has 5 atom stereocenters. The molecule has 0 aliphatic heterocycles. The van der Waals surface area contributed by atoms with Crippen LogP contribution in [-0.2, 0) is 0 Å². The second-order valence-electron chi connectivity index (χ2n) is 10.5. The first-order valence-electron chi connectivity index (χ1n) is 12.1. The standard InChI is InChI=1S/C26H37F3/c1-3-16(2)17-4-6-18(7-5-17)19-8-9-21-13-22(11-10-20(21)12-19)23-14-24(27)26(29)25(28)15-23/h14-22H,3-13H2,1-2H3. The van der Waals surface area contributed by atoms with Gasteiger partial charge in [-0.2, -0.15) is 0 Å². The van der Waals surface area contributed by atoms with E-state index in [1.807, 2.05) is 0 Å². The van der Waals surface area contributed by atoms with Crippen LogP contribution in [0.3, 0.4) is 0 Å².